The van der Waals surface area contributed by atoms with Gasteiger partial charge in [0, 0.05) is 10.6 Å². The van der Waals surface area contributed by atoms with Gasteiger partial charge in [0.15, 0.2) is 0 Å². The Morgan fingerprint density at radius 3 is 2.24 bits per heavy atom. The van der Waals surface area contributed by atoms with Crippen molar-refractivity contribution in [1.82, 2.24) is 15.6 Å². The van der Waals surface area contributed by atoms with Gasteiger partial charge in [0.25, 0.3) is 11.8 Å². The summed E-state index contributed by atoms with van der Waals surface area (Å²) in [6, 6.07) is 10.8. The van der Waals surface area contributed by atoms with Crippen LogP contribution >= 0.6 is 11.6 Å². The van der Waals surface area contributed by atoms with E-state index in [9.17, 15) is 18.0 Å². The summed E-state index contributed by atoms with van der Waals surface area (Å²) in [4.78, 5) is 24.6. The molecule has 2 rings (SSSR count). The number of nitrogens with one attached hydrogen (secondary N) is 3. The molecule has 0 saturated heterocycles. The molecule has 0 saturated carbocycles. The molecule has 2 amide bonds. The third-order valence-electron chi connectivity index (χ3n) is 3.99. The number of rotatable bonds is 7. The molecule has 0 aromatic heterocycles. The summed E-state index contributed by atoms with van der Waals surface area (Å²) >= 11 is 5.85. The number of hydrazine groups is 1. The number of hydrogen-bond donors (Lipinski definition) is 3. The van der Waals surface area contributed by atoms with E-state index in [4.69, 9.17) is 16.3 Å². The first-order valence-electron chi connectivity index (χ1n) is 8.66. The summed E-state index contributed by atoms with van der Waals surface area (Å²) in [6.07, 6.45) is 0. The fourth-order valence-corrected chi connectivity index (χ4v) is 4.02. The van der Waals surface area contributed by atoms with E-state index in [1.165, 1.54) is 37.4 Å². The second-order valence-electron chi connectivity index (χ2n) is 6.47. The molecule has 0 fully saturated rings. The number of hydrogen-bond acceptors (Lipinski definition) is 5. The van der Waals surface area contributed by atoms with Gasteiger partial charge in [0.05, 0.1) is 12.0 Å². The second-order valence-corrected chi connectivity index (χ2v) is 8.62. The van der Waals surface area contributed by atoms with Gasteiger partial charge in [-0.2, -0.15) is 4.72 Å². The highest BCUT2D eigenvalue weighted by Gasteiger charge is 2.28. The maximum Gasteiger partial charge on any atom is 0.269 e. The van der Waals surface area contributed by atoms with Crippen molar-refractivity contribution >= 4 is 33.4 Å². The van der Waals surface area contributed by atoms with E-state index < -0.39 is 27.9 Å². The molecule has 0 spiro atoms. The Balaban J connectivity index is 2.06. The van der Waals surface area contributed by atoms with E-state index >= 15 is 0 Å². The summed E-state index contributed by atoms with van der Waals surface area (Å²) in [5, 5.41) is 0.255. The van der Waals surface area contributed by atoms with Crippen LogP contribution in [0.4, 0.5) is 0 Å². The van der Waals surface area contributed by atoms with Gasteiger partial charge in [0.1, 0.15) is 11.8 Å². The predicted molar refractivity (Wildman–Crippen MR) is 109 cm³/mol. The number of methoxy groups -OCH3 is 1. The lowest BCUT2D eigenvalue weighted by Gasteiger charge is -2.21. The molecule has 3 N–H and O–H groups in total. The molecular formula is C19H22ClN3O5S. The van der Waals surface area contributed by atoms with Crippen molar-refractivity contribution in [1.29, 1.82) is 0 Å². The lowest BCUT2D eigenvalue weighted by Crippen LogP contribution is -2.54. The Kier molecular flexibility index (Phi) is 7.60. The Labute approximate surface area is 174 Å². The quantitative estimate of drug-likeness (QED) is 0.572. The normalized spacial score (nSPS) is 12.3. The van der Waals surface area contributed by atoms with Crippen molar-refractivity contribution in [2.45, 2.75) is 24.8 Å². The molecule has 1 atom stereocenters. The van der Waals surface area contributed by atoms with Gasteiger partial charge in [-0.1, -0.05) is 31.5 Å². The number of amides is 2. The monoisotopic (exact) mass is 439 g/mol. The van der Waals surface area contributed by atoms with Crippen molar-refractivity contribution in [2.75, 3.05) is 7.11 Å². The minimum atomic E-state index is -3.99. The molecule has 0 aliphatic heterocycles. The molecule has 8 nitrogen and oxygen atoms in total. The van der Waals surface area contributed by atoms with E-state index in [0.717, 1.165) is 0 Å². The highest BCUT2D eigenvalue weighted by molar-refractivity contribution is 7.89. The van der Waals surface area contributed by atoms with Crippen LogP contribution in [-0.4, -0.2) is 33.4 Å². The van der Waals surface area contributed by atoms with Gasteiger partial charge in [-0.3, -0.25) is 20.4 Å². The van der Waals surface area contributed by atoms with Crippen LogP contribution in [0, 0.1) is 5.92 Å². The average Bonchev–Trinajstić information content (AvgIpc) is 2.70. The first kappa shape index (κ1) is 22.7. The largest absolute Gasteiger partial charge is 0.497 e. The molecule has 0 radical (unpaired) electrons. The van der Waals surface area contributed by atoms with Gasteiger partial charge < -0.3 is 4.74 Å². The lowest BCUT2D eigenvalue weighted by atomic mass is 10.1. The fraction of sp³-hybridized carbons (Fsp3) is 0.263. The minimum Gasteiger partial charge on any atom is -0.497 e. The molecule has 0 aliphatic carbocycles. The standard InChI is InChI=1S/C19H22ClN3O5S/c1-12(2)17(23-29(26,27)16-6-4-5-14(20)11-16)19(25)22-21-18(24)13-7-9-15(28-3)10-8-13/h4-12,17,23H,1-3H3,(H,21,24)(H,22,25). The van der Waals surface area contributed by atoms with E-state index in [1.807, 2.05) is 0 Å². The highest BCUT2D eigenvalue weighted by Crippen LogP contribution is 2.17. The van der Waals surface area contributed by atoms with Gasteiger partial charge in [-0.25, -0.2) is 8.42 Å². The zero-order chi connectivity index (χ0) is 21.6. The van der Waals surface area contributed by atoms with Crippen molar-refractivity contribution in [3.05, 3.63) is 59.1 Å². The zero-order valence-electron chi connectivity index (χ0n) is 16.1. The Hall–Kier alpha value is -2.62. The summed E-state index contributed by atoms with van der Waals surface area (Å²) in [7, 11) is -2.49. The van der Waals surface area contributed by atoms with Crippen LogP contribution in [0.5, 0.6) is 5.75 Å². The number of benzene rings is 2. The van der Waals surface area contributed by atoms with Crippen LogP contribution in [0.25, 0.3) is 0 Å². The van der Waals surface area contributed by atoms with Crippen molar-refractivity contribution in [2.24, 2.45) is 5.92 Å². The van der Waals surface area contributed by atoms with Crippen molar-refractivity contribution in [3.8, 4) is 5.75 Å². The molecule has 0 aliphatic rings. The summed E-state index contributed by atoms with van der Waals surface area (Å²) in [5.74, 6) is -1.06. The van der Waals surface area contributed by atoms with E-state index in [2.05, 4.69) is 15.6 Å². The first-order chi connectivity index (χ1) is 13.6. The molecule has 2 aromatic carbocycles. The Morgan fingerprint density at radius 1 is 1.03 bits per heavy atom. The molecule has 29 heavy (non-hydrogen) atoms. The molecule has 0 heterocycles. The number of carbonyl (C=O) groups excluding carboxylic acids is 2. The number of halogens is 1. The van der Waals surface area contributed by atoms with Crippen LogP contribution < -0.4 is 20.3 Å². The zero-order valence-corrected chi connectivity index (χ0v) is 17.7. The maximum absolute atomic E-state index is 12.6. The lowest BCUT2D eigenvalue weighted by molar-refractivity contribution is -0.124. The van der Waals surface area contributed by atoms with Gasteiger partial charge in [-0.15, -0.1) is 0 Å². The van der Waals surface area contributed by atoms with Crippen molar-refractivity contribution < 1.29 is 22.7 Å². The van der Waals surface area contributed by atoms with Gasteiger partial charge in [-0.05, 0) is 48.4 Å². The van der Waals surface area contributed by atoms with Crippen LogP contribution in [0.15, 0.2) is 53.4 Å². The third kappa shape index (κ3) is 6.18. The Bertz CT molecular complexity index is 978. The van der Waals surface area contributed by atoms with E-state index in [0.29, 0.717) is 11.3 Å². The van der Waals surface area contributed by atoms with Gasteiger partial charge in [0.2, 0.25) is 10.0 Å². The number of ether oxygens (including phenoxy) is 1. The van der Waals surface area contributed by atoms with Crippen LogP contribution in [0.1, 0.15) is 24.2 Å². The third-order valence-corrected chi connectivity index (χ3v) is 5.66. The molecular weight excluding hydrogens is 418 g/mol. The number of sulfonamides is 1. The van der Waals surface area contributed by atoms with Gasteiger partial charge >= 0.3 is 0 Å². The molecule has 1 unspecified atom stereocenters. The first-order valence-corrected chi connectivity index (χ1v) is 10.5. The SMILES string of the molecule is COc1ccc(C(=O)NNC(=O)C(NS(=O)(=O)c2cccc(Cl)c2)C(C)C)cc1. The fourth-order valence-electron chi connectivity index (χ4n) is 2.37. The molecule has 2 aromatic rings. The highest BCUT2D eigenvalue weighted by atomic mass is 35.5. The predicted octanol–water partition coefficient (Wildman–Crippen LogP) is 2.11. The molecule has 0 bridgehead atoms. The van der Waals surface area contributed by atoms with E-state index in [1.54, 1.807) is 32.0 Å². The summed E-state index contributed by atoms with van der Waals surface area (Å²) < 4.78 is 32.5. The van der Waals surface area contributed by atoms with Crippen LogP contribution in [-0.2, 0) is 14.8 Å². The van der Waals surface area contributed by atoms with Crippen molar-refractivity contribution in [3.63, 3.8) is 0 Å². The smallest absolute Gasteiger partial charge is 0.269 e. The average molecular weight is 440 g/mol. The maximum atomic E-state index is 12.6. The van der Waals surface area contributed by atoms with Crippen LogP contribution in [0.2, 0.25) is 5.02 Å². The summed E-state index contributed by atoms with van der Waals surface area (Å²) in [6.45, 7) is 3.35. The molecule has 156 valence electrons. The topological polar surface area (TPSA) is 114 Å². The summed E-state index contributed by atoms with van der Waals surface area (Å²) in [5.41, 5.74) is 4.82. The molecule has 10 heteroatoms. The van der Waals surface area contributed by atoms with E-state index in [-0.39, 0.29) is 15.8 Å². The minimum absolute atomic E-state index is 0.0641. The number of carbonyl (C=O) groups is 2. The Morgan fingerprint density at radius 2 is 1.69 bits per heavy atom. The van der Waals surface area contributed by atoms with Crippen LogP contribution in [0.3, 0.4) is 0 Å². The second kappa shape index (κ2) is 9.73.